The summed E-state index contributed by atoms with van der Waals surface area (Å²) >= 11 is 0. The van der Waals surface area contributed by atoms with Gasteiger partial charge in [0.2, 0.25) is 0 Å². The lowest BCUT2D eigenvalue weighted by Crippen LogP contribution is -2.47. The first-order valence-electron chi connectivity index (χ1n) is 7.93. The summed E-state index contributed by atoms with van der Waals surface area (Å²) in [4.78, 5) is 5.07. The molecule has 0 bridgehead atoms. The number of nitrogens with two attached hydrogens (primary N) is 1. The second kappa shape index (κ2) is 7.77. The third kappa shape index (κ3) is 4.30. The smallest absolute Gasteiger partial charge is 0.0475 e. The maximum Gasteiger partial charge on any atom is 0.0475 e. The molecule has 0 radical (unpaired) electrons. The Morgan fingerprint density at radius 3 is 2.70 bits per heavy atom. The van der Waals surface area contributed by atoms with Crippen LogP contribution in [0.25, 0.3) is 0 Å². The zero-order valence-electron chi connectivity index (χ0n) is 13.0. The van der Waals surface area contributed by atoms with Crippen molar-refractivity contribution < 1.29 is 0 Å². The molecule has 0 saturated carbocycles. The normalized spacial score (nSPS) is 22.9. The molecule has 1 heterocycles. The van der Waals surface area contributed by atoms with E-state index in [4.69, 9.17) is 5.73 Å². The van der Waals surface area contributed by atoms with Crippen LogP contribution >= 0.6 is 0 Å². The van der Waals surface area contributed by atoms with E-state index in [9.17, 15) is 0 Å². The van der Waals surface area contributed by atoms with Crippen molar-refractivity contribution in [2.24, 2.45) is 5.73 Å². The van der Waals surface area contributed by atoms with E-state index in [2.05, 4.69) is 54.1 Å². The zero-order valence-corrected chi connectivity index (χ0v) is 13.0. The van der Waals surface area contributed by atoms with E-state index in [1.165, 1.54) is 25.1 Å². The molecule has 2 atom stereocenters. The van der Waals surface area contributed by atoms with Gasteiger partial charge in [-0.3, -0.25) is 4.90 Å². The molecule has 3 heteroatoms. The van der Waals surface area contributed by atoms with E-state index in [-0.39, 0.29) is 0 Å². The van der Waals surface area contributed by atoms with Crippen molar-refractivity contribution in [2.45, 2.75) is 38.3 Å². The van der Waals surface area contributed by atoms with E-state index in [0.29, 0.717) is 12.1 Å². The fourth-order valence-electron chi connectivity index (χ4n) is 2.98. The lowest BCUT2D eigenvalue weighted by molar-refractivity contribution is 0.0877. The van der Waals surface area contributed by atoms with Gasteiger partial charge < -0.3 is 10.6 Å². The van der Waals surface area contributed by atoms with Gasteiger partial charge in [-0.25, -0.2) is 0 Å². The summed E-state index contributed by atoms with van der Waals surface area (Å²) in [7, 11) is 2.22. The fraction of sp³-hybridized carbons (Fsp3) is 0.647. The molecule has 2 N–H and O–H groups in total. The average Bonchev–Trinajstić information content (AvgIpc) is 2.49. The minimum Gasteiger partial charge on any atom is -0.328 e. The Morgan fingerprint density at radius 2 is 2.00 bits per heavy atom. The van der Waals surface area contributed by atoms with Gasteiger partial charge in [-0.15, -0.1) is 0 Å². The van der Waals surface area contributed by atoms with Crippen molar-refractivity contribution in [1.82, 2.24) is 9.80 Å². The van der Waals surface area contributed by atoms with Gasteiger partial charge in [0.05, 0.1) is 0 Å². The lowest BCUT2D eigenvalue weighted by atomic mass is 10.0. The maximum absolute atomic E-state index is 6.03. The van der Waals surface area contributed by atoms with Gasteiger partial charge in [-0.2, -0.15) is 0 Å². The Balaban J connectivity index is 1.94. The van der Waals surface area contributed by atoms with E-state index in [0.717, 1.165) is 25.9 Å². The molecule has 1 aromatic carbocycles. The molecule has 2 unspecified atom stereocenters. The fourth-order valence-corrected chi connectivity index (χ4v) is 2.98. The van der Waals surface area contributed by atoms with Crippen molar-refractivity contribution in [3.63, 3.8) is 0 Å². The van der Waals surface area contributed by atoms with Crippen LogP contribution in [-0.2, 0) is 0 Å². The minimum absolute atomic E-state index is 0.373. The van der Waals surface area contributed by atoms with Crippen molar-refractivity contribution in [3.05, 3.63) is 35.9 Å². The number of hydrogen-bond donors (Lipinski definition) is 1. The summed E-state index contributed by atoms with van der Waals surface area (Å²) in [6.45, 7) is 6.80. The third-order valence-electron chi connectivity index (χ3n) is 4.42. The highest BCUT2D eigenvalue weighted by Gasteiger charge is 2.25. The summed E-state index contributed by atoms with van der Waals surface area (Å²) in [5.41, 5.74) is 7.47. The molecule has 1 aliphatic heterocycles. The number of hydrogen-bond acceptors (Lipinski definition) is 3. The molecule has 1 aliphatic rings. The molecule has 112 valence electrons. The van der Waals surface area contributed by atoms with Crippen LogP contribution in [0.3, 0.4) is 0 Å². The van der Waals surface area contributed by atoms with Crippen LogP contribution in [0.2, 0.25) is 0 Å². The van der Waals surface area contributed by atoms with Crippen LogP contribution in [0.1, 0.15) is 37.8 Å². The topological polar surface area (TPSA) is 32.5 Å². The standard InChI is InChI=1S/C17H29N3/c1-3-16(18)10-7-11-20-13-12-19(2)14-17(20)15-8-5-4-6-9-15/h4-6,8-9,16-17H,3,7,10-14,18H2,1-2H3. The summed E-state index contributed by atoms with van der Waals surface area (Å²) in [5.74, 6) is 0. The first-order chi connectivity index (χ1) is 9.70. The van der Waals surface area contributed by atoms with Gasteiger partial charge in [0.15, 0.2) is 0 Å². The van der Waals surface area contributed by atoms with Crippen molar-refractivity contribution in [1.29, 1.82) is 0 Å². The van der Waals surface area contributed by atoms with Crippen LogP contribution in [0, 0.1) is 0 Å². The number of piperazine rings is 1. The molecule has 2 rings (SSSR count). The Labute approximate surface area is 123 Å². The first-order valence-corrected chi connectivity index (χ1v) is 7.93. The minimum atomic E-state index is 0.373. The molecule has 1 saturated heterocycles. The predicted octanol–water partition coefficient (Wildman–Crippen LogP) is 2.49. The van der Waals surface area contributed by atoms with Gasteiger partial charge in [0.25, 0.3) is 0 Å². The Hall–Kier alpha value is -0.900. The summed E-state index contributed by atoms with van der Waals surface area (Å²) in [6, 6.07) is 11.8. The van der Waals surface area contributed by atoms with E-state index in [1.54, 1.807) is 0 Å². The molecule has 0 amide bonds. The van der Waals surface area contributed by atoms with E-state index >= 15 is 0 Å². The van der Waals surface area contributed by atoms with Gasteiger partial charge in [-0.1, -0.05) is 37.3 Å². The molecular formula is C17H29N3. The summed E-state index contributed by atoms with van der Waals surface area (Å²) < 4.78 is 0. The van der Waals surface area contributed by atoms with E-state index in [1.807, 2.05) is 0 Å². The maximum atomic E-state index is 6.03. The number of likely N-dealkylation sites (N-methyl/N-ethyl adjacent to an activating group) is 1. The highest BCUT2D eigenvalue weighted by Crippen LogP contribution is 2.25. The van der Waals surface area contributed by atoms with Crippen molar-refractivity contribution in [3.8, 4) is 0 Å². The Kier molecular flexibility index (Phi) is 6.02. The van der Waals surface area contributed by atoms with Crippen molar-refractivity contribution >= 4 is 0 Å². The van der Waals surface area contributed by atoms with E-state index < -0.39 is 0 Å². The predicted molar refractivity (Wildman–Crippen MR) is 85.8 cm³/mol. The Morgan fingerprint density at radius 1 is 1.25 bits per heavy atom. The molecular weight excluding hydrogens is 246 g/mol. The number of benzene rings is 1. The second-order valence-electron chi connectivity index (χ2n) is 6.04. The molecule has 0 aliphatic carbocycles. The highest BCUT2D eigenvalue weighted by molar-refractivity contribution is 5.20. The molecule has 1 aromatic rings. The van der Waals surface area contributed by atoms with Gasteiger partial charge >= 0.3 is 0 Å². The molecule has 0 spiro atoms. The SMILES string of the molecule is CCC(N)CCCN1CCN(C)CC1c1ccccc1. The van der Waals surface area contributed by atoms with Crippen LogP contribution in [0.5, 0.6) is 0 Å². The highest BCUT2D eigenvalue weighted by atomic mass is 15.3. The van der Waals surface area contributed by atoms with Crippen molar-refractivity contribution in [2.75, 3.05) is 33.2 Å². The Bertz CT molecular complexity index is 379. The average molecular weight is 275 g/mol. The molecule has 20 heavy (non-hydrogen) atoms. The monoisotopic (exact) mass is 275 g/mol. The third-order valence-corrected chi connectivity index (χ3v) is 4.42. The van der Waals surface area contributed by atoms with Crippen LogP contribution in [-0.4, -0.2) is 49.1 Å². The number of nitrogens with zero attached hydrogens (tertiary/aromatic N) is 2. The van der Waals surface area contributed by atoms with Gasteiger partial charge in [0.1, 0.15) is 0 Å². The molecule has 1 fully saturated rings. The molecule has 3 nitrogen and oxygen atoms in total. The second-order valence-corrected chi connectivity index (χ2v) is 6.04. The van der Waals surface area contributed by atoms with Gasteiger partial charge in [-0.05, 0) is 38.4 Å². The number of rotatable bonds is 6. The lowest BCUT2D eigenvalue weighted by Gasteiger charge is -2.40. The summed E-state index contributed by atoms with van der Waals surface area (Å²) in [6.07, 6.45) is 3.44. The quantitative estimate of drug-likeness (QED) is 0.866. The summed E-state index contributed by atoms with van der Waals surface area (Å²) in [5, 5.41) is 0. The van der Waals surface area contributed by atoms with Crippen LogP contribution in [0.15, 0.2) is 30.3 Å². The van der Waals surface area contributed by atoms with Crippen LogP contribution < -0.4 is 5.73 Å². The zero-order chi connectivity index (χ0) is 14.4. The largest absolute Gasteiger partial charge is 0.328 e. The first kappa shape index (κ1) is 15.5. The van der Waals surface area contributed by atoms with Crippen LogP contribution in [0.4, 0.5) is 0 Å². The van der Waals surface area contributed by atoms with Gasteiger partial charge in [0, 0.05) is 31.7 Å². The molecule has 0 aromatic heterocycles.